The Balaban J connectivity index is 1.83. The number of halogens is 2. The van der Waals surface area contributed by atoms with E-state index < -0.39 is 12.5 Å². The normalized spacial score (nSPS) is 15.6. The standard InChI is InChI=1S/C26H24F2N4O3S/c1-2-30-12-14-31(15-13-30)23(33)21(17-29)25-32(19-6-4-3-5-7-19)24(34)22(36-25)16-18-8-10-20(11-9-18)35-26(27)28/h3-11,16,26H,2,12-15H2,1H3. The zero-order chi connectivity index (χ0) is 25.7. The quantitative estimate of drug-likeness (QED) is 0.508. The molecule has 186 valence electrons. The minimum atomic E-state index is -2.93. The first-order valence-corrected chi connectivity index (χ1v) is 12.2. The van der Waals surface area contributed by atoms with Gasteiger partial charge in [0.25, 0.3) is 11.5 Å². The molecule has 36 heavy (non-hydrogen) atoms. The summed E-state index contributed by atoms with van der Waals surface area (Å²) < 4.78 is 31.2. The van der Waals surface area contributed by atoms with Gasteiger partial charge in [-0.1, -0.05) is 37.3 Å². The molecule has 4 rings (SSSR count). The first-order chi connectivity index (χ1) is 17.4. The molecule has 1 saturated heterocycles. The van der Waals surface area contributed by atoms with E-state index >= 15 is 0 Å². The van der Waals surface area contributed by atoms with Gasteiger partial charge < -0.3 is 14.5 Å². The minimum Gasteiger partial charge on any atom is -0.435 e. The molecule has 1 aromatic heterocycles. The third-order valence-electron chi connectivity index (χ3n) is 5.89. The van der Waals surface area contributed by atoms with E-state index in [4.69, 9.17) is 0 Å². The molecule has 0 radical (unpaired) electrons. The van der Waals surface area contributed by atoms with Gasteiger partial charge in [-0.3, -0.25) is 14.2 Å². The van der Waals surface area contributed by atoms with E-state index in [2.05, 4.69) is 16.6 Å². The molecule has 0 saturated carbocycles. The summed E-state index contributed by atoms with van der Waals surface area (Å²) in [6.07, 6.45) is 1.60. The number of likely N-dealkylation sites (N-methyl/N-ethyl adjacent to an activating group) is 1. The van der Waals surface area contributed by atoms with Crippen molar-refractivity contribution in [3.05, 3.63) is 79.7 Å². The Morgan fingerprint density at radius 3 is 2.36 bits per heavy atom. The van der Waals surface area contributed by atoms with E-state index in [1.807, 2.05) is 12.1 Å². The fourth-order valence-electron chi connectivity index (χ4n) is 3.97. The highest BCUT2D eigenvalue weighted by Crippen LogP contribution is 2.15. The number of nitriles is 1. The maximum atomic E-state index is 13.5. The van der Waals surface area contributed by atoms with Crippen molar-refractivity contribution in [3.63, 3.8) is 0 Å². The molecule has 2 aromatic carbocycles. The van der Waals surface area contributed by atoms with E-state index in [0.717, 1.165) is 31.0 Å². The number of amides is 1. The van der Waals surface area contributed by atoms with Crippen LogP contribution in [0.25, 0.3) is 17.3 Å². The van der Waals surface area contributed by atoms with Crippen LogP contribution < -0.4 is 19.5 Å². The Hall–Kier alpha value is -3.81. The van der Waals surface area contributed by atoms with Crippen LogP contribution in [0.1, 0.15) is 12.5 Å². The van der Waals surface area contributed by atoms with Crippen LogP contribution in [0.15, 0.2) is 59.4 Å². The summed E-state index contributed by atoms with van der Waals surface area (Å²) in [7, 11) is 0. The molecule has 0 aliphatic carbocycles. The minimum absolute atomic E-state index is 0.00424. The van der Waals surface area contributed by atoms with Crippen LogP contribution in [0.2, 0.25) is 0 Å². The molecule has 3 aromatic rings. The average molecular weight is 511 g/mol. The molecule has 1 amide bonds. The van der Waals surface area contributed by atoms with Crippen molar-refractivity contribution < 1.29 is 18.3 Å². The predicted molar refractivity (Wildman–Crippen MR) is 134 cm³/mol. The largest absolute Gasteiger partial charge is 0.435 e. The maximum Gasteiger partial charge on any atom is 0.387 e. The van der Waals surface area contributed by atoms with E-state index in [-0.39, 0.29) is 21.5 Å². The number of hydrogen-bond donors (Lipinski definition) is 0. The van der Waals surface area contributed by atoms with Gasteiger partial charge in [-0.15, -0.1) is 11.3 Å². The molecule has 7 nitrogen and oxygen atoms in total. The van der Waals surface area contributed by atoms with Gasteiger partial charge >= 0.3 is 6.61 Å². The molecule has 10 heteroatoms. The van der Waals surface area contributed by atoms with Crippen LogP contribution in [-0.4, -0.2) is 59.6 Å². The topological polar surface area (TPSA) is 78.6 Å². The number of carbonyl (C=O) groups is 1. The van der Waals surface area contributed by atoms with Crippen molar-refractivity contribution in [3.8, 4) is 17.5 Å². The van der Waals surface area contributed by atoms with E-state index in [1.54, 1.807) is 47.4 Å². The van der Waals surface area contributed by atoms with E-state index in [1.165, 1.54) is 16.7 Å². The number of para-hydroxylation sites is 1. The molecule has 0 atom stereocenters. The number of hydrogen-bond acceptors (Lipinski definition) is 6. The summed E-state index contributed by atoms with van der Waals surface area (Å²) in [5, 5.41) is 10.0. The molecule has 1 fully saturated rings. The van der Waals surface area contributed by atoms with Crippen molar-refractivity contribution in [1.82, 2.24) is 14.4 Å². The molecular formula is C26H24F2N4O3S. The fraction of sp³-hybridized carbons (Fsp3) is 0.269. The summed E-state index contributed by atoms with van der Waals surface area (Å²) in [6.45, 7) is 2.48. The second-order valence-corrected chi connectivity index (χ2v) is 9.08. The van der Waals surface area contributed by atoms with Gasteiger partial charge in [-0.05, 0) is 42.4 Å². The summed E-state index contributed by atoms with van der Waals surface area (Å²) in [4.78, 5) is 30.7. The SMILES string of the molecule is CCN1CCN(C(=O)C(C#N)=c2sc(=Cc3ccc(OC(F)F)cc3)c(=O)n2-c2ccccc2)CC1. The third-order valence-corrected chi connectivity index (χ3v) is 6.98. The van der Waals surface area contributed by atoms with Crippen molar-refractivity contribution >= 4 is 28.9 Å². The lowest BCUT2D eigenvalue weighted by Crippen LogP contribution is -2.49. The van der Waals surface area contributed by atoms with Crippen LogP contribution in [0, 0.1) is 11.3 Å². The van der Waals surface area contributed by atoms with Gasteiger partial charge in [0.2, 0.25) is 0 Å². The molecular weight excluding hydrogens is 486 g/mol. The summed E-state index contributed by atoms with van der Waals surface area (Å²) in [6, 6.07) is 16.7. The second-order valence-electron chi connectivity index (χ2n) is 8.05. The van der Waals surface area contributed by atoms with Crippen LogP contribution in [-0.2, 0) is 4.79 Å². The number of alkyl halides is 2. The number of carbonyl (C=O) groups excluding carboxylic acids is 1. The van der Waals surface area contributed by atoms with Crippen LogP contribution >= 0.6 is 11.3 Å². The lowest BCUT2D eigenvalue weighted by Gasteiger charge is -2.33. The van der Waals surface area contributed by atoms with Gasteiger partial charge in [-0.2, -0.15) is 14.0 Å². The third kappa shape index (κ3) is 5.53. The molecule has 0 N–H and O–H groups in total. The van der Waals surface area contributed by atoms with Crippen molar-refractivity contribution in [2.24, 2.45) is 0 Å². The highest BCUT2D eigenvalue weighted by molar-refractivity contribution is 7.07. The first-order valence-electron chi connectivity index (χ1n) is 11.4. The number of benzene rings is 2. The number of aromatic nitrogens is 1. The van der Waals surface area contributed by atoms with E-state index in [0.29, 0.717) is 28.9 Å². The second kappa shape index (κ2) is 11.3. The van der Waals surface area contributed by atoms with Gasteiger partial charge in [0.05, 0.1) is 10.2 Å². The number of thiazole rings is 1. The zero-order valence-corrected chi connectivity index (χ0v) is 20.4. The Labute approximate surface area is 210 Å². The molecule has 1 aliphatic heterocycles. The smallest absolute Gasteiger partial charge is 0.387 e. The zero-order valence-electron chi connectivity index (χ0n) is 19.6. The summed E-state index contributed by atoms with van der Waals surface area (Å²) >= 11 is 1.05. The highest BCUT2D eigenvalue weighted by Gasteiger charge is 2.25. The maximum absolute atomic E-state index is 13.5. The van der Waals surface area contributed by atoms with Gasteiger partial charge in [-0.25, -0.2) is 0 Å². The Morgan fingerprint density at radius 1 is 1.11 bits per heavy atom. The van der Waals surface area contributed by atoms with Crippen LogP contribution in [0.5, 0.6) is 5.75 Å². The van der Waals surface area contributed by atoms with Crippen LogP contribution in [0.3, 0.4) is 0 Å². The van der Waals surface area contributed by atoms with Crippen molar-refractivity contribution in [2.45, 2.75) is 13.5 Å². The molecule has 0 spiro atoms. The Morgan fingerprint density at radius 2 is 1.78 bits per heavy atom. The first kappa shape index (κ1) is 25.3. The lowest BCUT2D eigenvalue weighted by molar-refractivity contribution is -0.126. The monoisotopic (exact) mass is 510 g/mol. The number of rotatable bonds is 6. The molecule has 0 unspecified atom stereocenters. The van der Waals surface area contributed by atoms with Crippen molar-refractivity contribution in [1.29, 1.82) is 5.26 Å². The number of piperazine rings is 1. The van der Waals surface area contributed by atoms with Gasteiger partial charge in [0, 0.05) is 26.2 Å². The number of ether oxygens (including phenoxy) is 1. The fourth-order valence-corrected chi connectivity index (χ4v) is 5.07. The summed E-state index contributed by atoms with van der Waals surface area (Å²) in [5.41, 5.74) is 0.643. The summed E-state index contributed by atoms with van der Waals surface area (Å²) in [5.74, 6) is -0.399. The molecule has 0 bridgehead atoms. The number of nitrogens with zero attached hydrogens (tertiary/aromatic N) is 4. The van der Waals surface area contributed by atoms with Crippen molar-refractivity contribution in [2.75, 3.05) is 32.7 Å². The molecule has 1 aliphatic rings. The Kier molecular flexibility index (Phi) is 7.93. The van der Waals surface area contributed by atoms with Crippen LogP contribution in [0.4, 0.5) is 8.78 Å². The van der Waals surface area contributed by atoms with E-state index in [9.17, 15) is 23.6 Å². The predicted octanol–water partition coefficient (Wildman–Crippen LogP) is 2.17. The lowest BCUT2D eigenvalue weighted by atomic mass is 10.2. The van der Waals surface area contributed by atoms with Gasteiger partial charge in [0.1, 0.15) is 16.5 Å². The van der Waals surface area contributed by atoms with Gasteiger partial charge in [0.15, 0.2) is 5.57 Å². The highest BCUT2D eigenvalue weighted by atomic mass is 32.1. The average Bonchev–Trinajstić information content (AvgIpc) is 3.21. The Bertz CT molecular complexity index is 1440. The molecule has 2 heterocycles.